The molecule has 1 amide bonds. The van der Waals surface area contributed by atoms with E-state index >= 15 is 0 Å². The van der Waals surface area contributed by atoms with E-state index in [1.54, 1.807) is 17.1 Å². The fourth-order valence-electron chi connectivity index (χ4n) is 2.66. The van der Waals surface area contributed by atoms with Crippen molar-refractivity contribution in [2.75, 3.05) is 5.32 Å². The van der Waals surface area contributed by atoms with Crippen LogP contribution >= 0.6 is 11.6 Å². The maximum Gasteiger partial charge on any atom is 0.226 e. The minimum absolute atomic E-state index is 0.0603. The third-order valence-electron chi connectivity index (χ3n) is 3.82. The highest BCUT2D eigenvalue weighted by atomic mass is 35.5. The van der Waals surface area contributed by atoms with Crippen LogP contribution in [0.1, 0.15) is 23.4 Å². The van der Waals surface area contributed by atoms with Crippen LogP contribution in [0.3, 0.4) is 0 Å². The summed E-state index contributed by atoms with van der Waals surface area (Å²) in [4.78, 5) is 12.1. The maximum absolute atomic E-state index is 12.1. The van der Waals surface area contributed by atoms with Crippen molar-refractivity contribution in [3.05, 3.63) is 64.7 Å². The third-order valence-corrected chi connectivity index (χ3v) is 4.01. The average molecular weight is 358 g/mol. The molecule has 0 unspecified atom stereocenters. The van der Waals surface area contributed by atoms with Crippen LogP contribution in [0.4, 0.5) is 5.69 Å². The maximum atomic E-state index is 12.1. The molecule has 0 spiro atoms. The minimum Gasteiger partial charge on any atom is -0.326 e. The lowest BCUT2D eigenvalue weighted by molar-refractivity contribution is -0.116. The molecule has 0 bridgehead atoms. The number of rotatable bonds is 6. The summed E-state index contributed by atoms with van der Waals surface area (Å²) in [5.41, 5.74) is 3.98. The number of hydrogen-bond donors (Lipinski definition) is 1. The number of amides is 1. The standard InChI is InChI=1S/C18H20ClN5O/c1-13-8-14(2)24(22-13)11-15-4-3-5-17(9-15)21-18(25)6-7-23-12-16(19)10-20-23/h3-5,8-10,12H,6-7,11H2,1-2H3,(H,21,25). The summed E-state index contributed by atoms with van der Waals surface area (Å²) in [6.07, 6.45) is 3.59. The van der Waals surface area contributed by atoms with Crippen molar-refractivity contribution < 1.29 is 4.79 Å². The smallest absolute Gasteiger partial charge is 0.226 e. The molecule has 3 aromatic rings. The van der Waals surface area contributed by atoms with Crippen LogP contribution in [-0.2, 0) is 17.9 Å². The summed E-state index contributed by atoms with van der Waals surface area (Å²) < 4.78 is 3.61. The minimum atomic E-state index is -0.0603. The normalized spacial score (nSPS) is 10.8. The Hall–Kier alpha value is -2.60. The van der Waals surface area contributed by atoms with E-state index < -0.39 is 0 Å². The Bertz CT molecular complexity index is 883. The predicted molar refractivity (Wildman–Crippen MR) is 97.7 cm³/mol. The van der Waals surface area contributed by atoms with Gasteiger partial charge in [-0.05, 0) is 37.6 Å². The third kappa shape index (κ3) is 4.70. The molecule has 0 aliphatic rings. The monoisotopic (exact) mass is 357 g/mol. The highest BCUT2D eigenvalue weighted by molar-refractivity contribution is 6.30. The van der Waals surface area contributed by atoms with Crippen molar-refractivity contribution >= 4 is 23.2 Å². The van der Waals surface area contributed by atoms with Crippen LogP contribution in [0.5, 0.6) is 0 Å². The second kappa shape index (κ2) is 7.53. The first-order valence-electron chi connectivity index (χ1n) is 8.07. The van der Waals surface area contributed by atoms with Crippen molar-refractivity contribution in [1.82, 2.24) is 19.6 Å². The second-order valence-electron chi connectivity index (χ2n) is 6.00. The second-order valence-corrected chi connectivity index (χ2v) is 6.44. The first kappa shape index (κ1) is 17.2. The van der Waals surface area contributed by atoms with E-state index in [-0.39, 0.29) is 5.91 Å². The van der Waals surface area contributed by atoms with E-state index in [0.29, 0.717) is 24.5 Å². The van der Waals surface area contributed by atoms with E-state index in [4.69, 9.17) is 11.6 Å². The highest BCUT2D eigenvalue weighted by Gasteiger charge is 2.06. The number of anilines is 1. The van der Waals surface area contributed by atoms with Crippen LogP contribution in [0, 0.1) is 13.8 Å². The van der Waals surface area contributed by atoms with Crippen LogP contribution in [0.15, 0.2) is 42.7 Å². The van der Waals surface area contributed by atoms with Gasteiger partial charge in [-0.1, -0.05) is 23.7 Å². The first-order valence-corrected chi connectivity index (χ1v) is 8.45. The molecular weight excluding hydrogens is 338 g/mol. The number of nitrogens with zero attached hydrogens (tertiary/aromatic N) is 4. The molecule has 7 heteroatoms. The van der Waals surface area contributed by atoms with Crippen molar-refractivity contribution in [3.8, 4) is 0 Å². The summed E-state index contributed by atoms with van der Waals surface area (Å²) >= 11 is 5.81. The fourth-order valence-corrected chi connectivity index (χ4v) is 2.81. The Morgan fingerprint density at radius 2 is 2.12 bits per heavy atom. The molecule has 130 valence electrons. The Morgan fingerprint density at radius 3 is 2.80 bits per heavy atom. The summed E-state index contributed by atoms with van der Waals surface area (Å²) in [7, 11) is 0. The van der Waals surface area contributed by atoms with Crippen molar-refractivity contribution in [2.24, 2.45) is 0 Å². The van der Waals surface area contributed by atoms with Crippen molar-refractivity contribution in [3.63, 3.8) is 0 Å². The molecule has 0 aliphatic carbocycles. The average Bonchev–Trinajstić information content (AvgIpc) is 3.11. The Kier molecular flexibility index (Phi) is 5.19. The van der Waals surface area contributed by atoms with Gasteiger partial charge in [0.15, 0.2) is 0 Å². The predicted octanol–water partition coefficient (Wildman–Crippen LogP) is 3.43. The van der Waals surface area contributed by atoms with E-state index in [9.17, 15) is 4.79 Å². The van der Waals surface area contributed by atoms with E-state index in [0.717, 1.165) is 22.6 Å². The van der Waals surface area contributed by atoms with Gasteiger partial charge in [-0.25, -0.2) is 0 Å². The molecule has 2 aromatic heterocycles. The summed E-state index contributed by atoms with van der Waals surface area (Å²) in [5.74, 6) is -0.0603. The molecule has 6 nitrogen and oxygen atoms in total. The van der Waals surface area contributed by atoms with Gasteiger partial charge in [0.1, 0.15) is 0 Å². The topological polar surface area (TPSA) is 64.7 Å². The molecule has 3 rings (SSSR count). The Morgan fingerprint density at radius 1 is 1.28 bits per heavy atom. The molecular formula is C18H20ClN5O. The molecule has 2 heterocycles. The van der Waals surface area contributed by atoms with Gasteiger partial charge < -0.3 is 5.32 Å². The number of halogens is 1. The van der Waals surface area contributed by atoms with Crippen LogP contribution < -0.4 is 5.32 Å². The molecule has 0 radical (unpaired) electrons. The lowest BCUT2D eigenvalue weighted by atomic mass is 10.2. The zero-order chi connectivity index (χ0) is 17.8. The summed E-state index contributed by atoms with van der Waals surface area (Å²) in [5, 5.41) is 12.0. The zero-order valence-corrected chi connectivity index (χ0v) is 15.0. The van der Waals surface area contributed by atoms with E-state index in [1.807, 2.05) is 48.9 Å². The SMILES string of the molecule is Cc1cc(C)n(Cc2cccc(NC(=O)CCn3cc(Cl)cn3)c2)n1. The fraction of sp³-hybridized carbons (Fsp3) is 0.278. The molecule has 1 aromatic carbocycles. The van der Waals surface area contributed by atoms with Gasteiger partial charge in [0.25, 0.3) is 0 Å². The Balaban J connectivity index is 1.59. The van der Waals surface area contributed by atoms with Gasteiger partial charge in [-0.2, -0.15) is 10.2 Å². The molecule has 1 N–H and O–H groups in total. The summed E-state index contributed by atoms with van der Waals surface area (Å²) in [6, 6.07) is 9.86. The number of aromatic nitrogens is 4. The number of nitrogens with one attached hydrogen (secondary N) is 1. The van der Waals surface area contributed by atoms with Gasteiger partial charge in [-0.15, -0.1) is 0 Å². The molecule has 0 saturated heterocycles. The first-order chi connectivity index (χ1) is 12.0. The van der Waals surface area contributed by atoms with Gasteiger partial charge in [0.05, 0.1) is 23.5 Å². The van der Waals surface area contributed by atoms with Crippen molar-refractivity contribution in [2.45, 2.75) is 33.4 Å². The quantitative estimate of drug-likeness (QED) is 0.735. The van der Waals surface area contributed by atoms with E-state index in [2.05, 4.69) is 15.5 Å². The highest BCUT2D eigenvalue weighted by Crippen LogP contribution is 2.14. The molecule has 0 fully saturated rings. The number of carbonyl (C=O) groups excluding carboxylic acids is 1. The number of carbonyl (C=O) groups is 1. The van der Waals surface area contributed by atoms with Gasteiger partial charge >= 0.3 is 0 Å². The molecule has 0 saturated carbocycles. The molecule has 0 atom stereocenters. The lowest BCUT2D eigenvalue weighted by Crippen LogP contribution is -2.15. The van der Waals surface area contributed by atoms with Crippen LogP contribution in [-0.4, -0.2) is 25.5 Å². The Labute approximate surface area is 151 Å². The van der Waals surface area contributed by atoms with Crippen molar-refractivity contribution in [1.29, 1.82) is 0 Å². The lowest BCUT2D eigenvalue weighted by Gasteiger charge is -2.09. The van der Waals surface area contributed by atoms with E-state index in [1.165, 1.54) is 0 Å². The number of hydrogen-bond acceptors (Lipinski definition) is 3. The van der Waals surface area contributed by atoms with Gasteiger partial charge in [0, 0.05) is 30.5 Å². The number of aryl methyl sites for hydroxylation is 3. The number of benzene rings is 1. The van der Waals surface area contributed by atoms with Gasteiger partial charge in [-0.3, -0.25) is 14.2 Å². The summed E-state index contributed by atoms with van der Waals surface area (Å²) in [6.45, 7) is 5.18. The molecule has 0 aliphatic heterocycles. The molecule has 25 heavy (non-hydrogen) atoms. The van der Waals surface area contributed by atoms with Crippen LogP contribution in [0.2, 0.25) is 5.02 Å². The van der Waals surface area contributed by atoms with Crippen LogP contribution in [0.25, 0.3) is 0 Å². The zero-order valence-electron chi connectivity index (χ0n) is 14.2. The van der Waals surface area contributed by atoms with Gasteiger partial charge in [0.2, 0.25) is 5.91 Å². The largest absolute Gasteiger partial charge is 0.326 e.